The van der Waals surface area contributed by atoms with Crippen LogP contribution in [0, 0.1) is 0 Å². The first-order chi connectivity index (χ1) is 8.92. The van der Waals surface area contributed by atoms with Crippen molar-refractivity contribution in [2.75, 3.05) is 27.4 Å². The molecular weight excluding hydrogens is 315 g/mol. The van der Waals surface area contributed by atoms with Crippen molar-refractivity contribution in [3.8, 4) is 0 Å². The summed E-state index contributed by atoms with van der Waals surface area (Å²) in [6.07, 6.45) is -0.123. The Morgan fingerprint density at radius 2 is 1.74 bits per heavy atom. The standard InChI is InChI=1S/C10H19O6PS2/c1-5-15-9(11)7-8(10(12)16-6-2)19-17(18,13-3)14-4/h8H,5-7H2,1-4H3/i3+2,4+2. The molecule has 0 aliphatic heterocycles. The van der Waals surface area contributed by atoms with E-state index in [4.69, 9.17) is 30.3 Å². The molecule has 6 nitrogen and oxygen atoms in total. The molecule has 0 saturated heterocycles. The Bertz CT molecular complexity index is 341. The Balaban J connectivity index is 4.81. The Morgan fingerprint density at radius 1 is 1.21 bits per heavy atom. The third kappa shape index (κ3) is 7.27. The largest absolute Gasteiger partial charge is 0.466 e. The maximum absolute atomic E-state index is 11.8. The fourth-order valence-corrected chi connectivity index (χ4v) is 4.95. The average molecular weight is 334 g/mol. The summed E-state index contributed by atoms with van der Waals surface area (Å²) in [5.41, 5.74) is -2.65. The van der Waals surface area contributed by atoms with Crippen LogP contribution in [0.15, 0.2) is 0 Å². The lowest BCUT2D eigenvalue weighted by Crippen LogP contribution is -2.24. The summed E-state index contributed by atoms with van der Waals surface area (Å²) in [6.45, 7) is 3.86. The van der Waals surface area contributed by atoms with Crippen molar-refractivity contribution < 1.29 is 28.1 Å². The van der Waals surface area contributed by atoms with E-state index in [1.807, 2.05) is 0 Å². The molecule has 0 heterocycles. The first-order valence-corrected chi connectivity index (χ1v) is 9.76. The number of rotatable bonds is 9. The molecule has 1 unspecified atom stereocenters. The van der Waals surface area contributed by atoms with Gasteiger partial charge in [0.1, 0.15) is 5.25 Å². The van der Waals surface area contributed by atoms with E-state index in [2.05, 4.69) is 0 Å². The fraction of sp³-hybridized carbons (Fsp3) is 0.800. The molecule has 0 amide bonds. The molecule has 0 fully saturated rings. The molecule has 0 aliphatic carbocycles. The Kier molecular flexibility index (Phi) is 9.64. The monoisotopic (exact) mass is 334 g/mol. The Hall–Kier alpha value is -0.140. The van der Waals surface area contributed by atoms with Gasteiger partial charge in [-0.25, -0.2) is 0 Å². The van der Waals surface area contributed by atoms with Gasteiger partial charge in [-0.15, -0.1) is 0 Å². The zero-order valence-corrected chi connectivity index (χ0v) is 13.9. The van der Waals surface area contributed by atoms with Gasteiger partial charge in [-0.05, 0) is 25.7 Å². The molecule has 1 atom stereocenters. The minimum Gasteiger partial charge on any atom is -0.466 e. The molecule has 0 saturated carbocycles. The van der Waals surface area contributed by atoms with Gasteiger partial charge in [0.2, 0.25) is 5.69 Å². The average Bonchev–Trinajstić information content (AvgIpc) is 2.38. The number of ether oxygens (including phenoxy) is 2. The topological polar surface area (TPSA) is 71.1 Å². The van der Waals surface area contributed by atoms with Crippen molar-refractivity contribution in [2.45, 2.75) is 25.5 Å². The van der Waals surface area contributed by atoms with Crippen molar-refractivity contribution in [3.63, 3.8) is 0 Å². The van der Waals surface area contributed by atoms with Crippen molar-refractivity contribution in [2.24, 2.45) is 0 Å². The van der Waals surface area contributed by atoms with Crippen LogP contribution in [0.5, 0.6) is 0 Å². The second-order valence-corrected chi connectivity index (χ2v) is 9.78. The summed E-state index contributed by atoms with van der Waals surface area (Å²) in [4.78, 5) is 23.3. The van der Waals surface area contributed by atoms with Crippen molar-refractivity contribution >= 4 is 40.8 Å². The van der Waals surface area contributed by atoms with E-state index in [1.165, 1.54) is 14.2 Å². The van der Waals surface area contributed by atoms with Crippen LogP contribution in [0.3, 0.4) is 0 Å². The van der Waals surface area contributed by atoms with Crippen LogP contribution in [0.25, 0.3) is 0 Å². The Morgan fingerprint density at radius 3 is 2.16 bits per heavy atom. The van der Waals surface area contributed by atoms with Gasteiger partial charge < -0.3 is 18.5 Å². The minimum atomic E-state index is -2.65. The first-order valence-electron chi connectivity index (χ1n) is 5.64. The highest BCUT2D eigenvalue weighted by molar-refractivity contribution is 8.68. The third-order valence-corrected chi connectivity index (χ3v) is 7.78. The molecule has 9 heteroatoms. The first kappa shape index (κ1) is 18.9. The summed E-state index contributed by atoms with van der Waals surface area (Å²) < 4.78 is 19.9. The molecule has 0 aromatic heterocycles. The van der Waals surface area contributed by atoms with Crippen LogP contribution in [0.4, 0.5) is 0 Å². The van der Waals surface area contributed by atoms with E-state index >= 15 is 0 Å². The predicted octanol–water partition coefficient (Wildman–Crippen LogP) is 2.12. The number of carbonyl (C=O) groups excluding carboxylic acids is 2. The van der Waals surface area contributed by atoms with Gasteiger partial charge in [0.05, 0.1) is 19.6 Å². The van der Waals surface area contributed by atoms with Gasteiger partial charge in [-0.1, -0.05) is 11.4 Å². The van der Waals surface area contributed by atoms with Crippen LogP contribution in [-0.4, -0.2) is 44.6 Å². The number of hydrogen-bond acceptors (Lipinski definition) is 8. The van der Waals surface area contributed by atoms with Gasteiger partial charge >= 0.3 is 11.9 Å². The van der Waals surface area contributed by atoms with Gasteiger partial charge in [0.25, 0.3) is 0 Å². The SMILES string of the molecule is CCOC(=O)CC(SP(=S)(O[14CH3])O[14CH3])C(=O)OCC. The molecule has 0 aromatic rings. The summed E-state index contributed by atoms with van der Waals surface area (Å²) in [5, 5.41) is -0.787. The lowest BCUT2D eigenvalue weighted by atomic mass is 10.3. The van der Waals surface area contributed by atoms with Crippen LogP contribution in [-0.2, 0) is 39.9 Å². The van der Waals surface area contributed by atoms with E-state index in [0.717, 1.165) is 11.4 Å². The zero-order chi connectivity index (χ0) is 14.9. The van der Waals surface area contributed by atoms with Gasteiger partial charge in [-0.3, -0.25) is 9.59 Å². The lowest BCUT2D eigenvalue weighted by molar-refractivity contribution is -0.149. The summed E-state index contributed by atoms with van der Waals surface area (Å²) in [7, 11) is 2.81. The fourth-order valence-electron chi connectivity index (χ4n) is 1.09. The third-order valence-electron chi connectivity index (χ3n) is 1.91. The molecular formula is C10H19O6PS2. The summed E-state index contributed by atoms with van der Waals surface area (Å²) >= 11 is 6.17. The van der Waals surface area contributed by atoms with Gasteiger partial charge in [0.15, 0.2) is 0 Å². The van der Waals surface area contributed by atoms with E-state index in [0.29, 0.717) is 0 Å². The maximum Gasteiger partial charge on any atom is 0.320 e. The summed E-state index contributed by atoms with van der Waals surface area (Å²) in [5.74, 6) is -1.01. The molecule has 19 heavy (non-hydrogen) atoms. The second-order valence-electron chi connectivity index (χ2n) is 3.17. The predicted molar refractivity (Wildman–Crippen MR) is 77.6 cm³/mol. The molecule has 0 aliphatic rings. The second kappa shape index (κ2) is 9.72. The smallest absolute Gasteiger partial charge is 0.320 e. The quantitative estimate of drug-likeness (QED) is 0.469. The molecule has 0 bridgehead atoms. The van der Waals surface area contributed by atoms with Crippen molar-refractivity contribution in [1.29, 1.82) is 0 Å². The summed E-state index contributed by atoms with van der Waals surface area (Å²) in [6, 6.07) is 0. The Labute approximate surface area is 122 Å². The molecule has 0 radical (unpaired) electrons. The van der Waals surface area contributed by atoms with E-state index in [1.54, 1.807) is 13.8 Å². The van der Waals surface area contributed by atoms with Crippen molar-refractivity contribution in [1.82, 2.24) is 0 Å². The molecule has 0 aromatic carbocycles. The lowest BCUT2D eigenvalue weighted by Gasteiger charge is -2.21. The molecule has 0 rings (SSSR count). The van der Waals surface area contributed by atoms with E-state index < -0.39 is 22.9 Å². The van der Waals surface area contributed by atoms with Gasteiger partial charge in [0, 0.05) is 14.2 Å². The zero-order valence-electron chi connectivity index (χ0n) is 11.4. The minimum absolute atomic E-state index is 0.123. The van der Waals surface area contributed by atoms with Crippen LogP contribution in [0.2, 0.25) is 0 Å². The maximum atomic E-state index is 11.8. The number of esters is 2. The van der Waals surface area contributed by atoms with E-state index in [-0.39, 0.29) is 19.6 Å². The van der Waals surface area contributed by atoms with Crippen LogP contribution < -0.4 is 0 Å². The molecule has 0 N–H and O–H groups in total. The highest BCUT2D eigenvalue weighted by Gasteiger charge is 2.32. The number of carbonyl (C=O) groups is 2. The normalized spacial score (nSPS) is 12.8. The van der Waals surface area contributed by atoms with Crippen LogP contribution in [0.1, 0.15) is 20.3 Å². The highest BCUT2D eigenvalue weighted by Crippen LogP contribution is 2.62. The molecule has 112 valence electrons. The van der Waals surface area contributed by atoms with Gasteiger partial charge in [-0.2, -0.15) is 0 Å². The molecule has 0 spiro atoms. The van der Waals surface area contributed by atoms with E-state index in [9.17, 15) is 9.59 Å². The number of hydrogen-bond donors (Lipinski definition) is 0. The highest BCUT2D eigenvalue weighted by atomic mass is 32.9. The van der Waals surface area contributed by atoms with Crippen LogP contribution >= 0.6 is 17.1 Å². The van der Waals surface area contributed by atoms with Crippen molar-refractivity contribution in [3.05, 3.63) is 0 Å².